The molecule has 0 N–H and O–H groups in total. The number of benzene rings is 2. The topological polar surface area (TPSA) is 44.5 Å². The van der Waals surface area contributed by atoms with Crippen LogP contribution in [0.1, 0.15) is 0 Å². The van der Waals surface area contributed by atoms with Gasteiger partial charge in [-0.1, -0.05) is 6.07 Å². The van der Waals surface area contributed by atoms with E-state index in [-0.39, 0.29) is 0 Å². The fourth-order valence-corrected chi connectivity index (χ4v) is 3.69. The fourth-order valence-electron chi connectivity index (χ4n) is 2.85. The molecule has 0 spiro atoms. The van der Waals surface area contributed by atoms with E-state index in [1.54, 1.807) is 14.2 Å². The highest BCUT2D eigenvalue weighted by atomic mass is 127. The van der Waals surface area contributed by atoms with Crippen LogP contribution in [-0.2, 0) is 0 Å². The molecule has 0 saturated carbocycles. The first-order chi connectivity index (χ1) is 12.7. The quantitative estimate of drug-likeness (QED) is 0.365. The Kier molecular flexibility index (Phi) is 4.55. The van der Waals surface area contributed by atoms with Crippen LogP contribution in [0, 0.1) is 3.57 Å². The van der Waals surface area contributed by atoms with Gasteiger partial charge in [0.25, 0.3) is 0 Å². The van der Waals surface area contributed by atoms with Crippen molar-refractivity contribution >= 4 is 33.6 Å². The van der Waals surface area contributed by atoms with Gasteiger partial charge in [0.15, 0.2) is 0 Å². The van der Waals surface area contributed by atoms with Crippen LogP contribution in [0.2, 0.25) is 0 Å². The molecule has 0 amide bonds. The largest absolute Gasteiger partial charge is 0.497 e. The normalized spacial score (nSPS) is 10.9. The van der Waals surface area contributed by atoms with E-state index >= 15 is 0 Å². The zero-order valence-electron chi connectivity index (χ0n) is 14.3. The van der Waals surface area contributed by atoms with Crippen LogP contribution in [-0.4, -0.2) is 19.2 Å². The lowest BCUT2D eigenvalue weighted by molar-refractivity contribution is 0.398. The smallest absolute Gasteiger partial charge is 0.212 e. The summed E-state index contributed by atoms with van der Waals surface area (Å²) >= 11 is 2.34. The number of hydrogen-bond acceptors (Lipinski definition) is 4. The number of aromatic nitrogens is 1. The Labute approximate surface area is 164 Å². The van der Waals surface area contributed by atoms with Gasteiger partial charge in [0.1, 0.15) is 17.1 Å². The van der Waals surface area contributed by atoms with Crippen molar-refractivity contribution in [2.45, 2.75) is 0 Å². The number of furan rings is 1. The maximum absolute atomic E-state index is 6.10. The number of nitrogens with zero attached hydrogens (tertiary/aromatic N) is 1. The summed E-state index contributed by atoms with van der Waals surface area (Å²) in [5.74, 6) is 2.30. The van der Waals surface area contributed by atoms with Crippen LogP contribution in [0.25, 0.3) is 33.4 Å². The van der Waals surface area contributed by atoms with Gasteiger partial charge in [-0.15, -0.1) is 0 Å². The number of ether oxygens (including phenoxy) is 2. The lowest BCUT2D eigenvalue weighted by atomic mass is 10.1. The molecule has 0 unspecified atom stereocenters. The third-order valence-corrected chi connectivity index (χ3v) is 5.33. The van der Waals surface area contributed by atoms with E-state index in [1.807, 2.05) is 54.7 Å². The Balaban J connectivity index is 1.77. The van der Waals surface area contributed by atoms with Gasteiger partial charge in [0.05, 0.1) is 17.8 Å². The van der Waals surface area contributed by atoms with Gasteiger partial charge < -0.3 is 13.9 Å². The predicted octanol–water partition coefficient (Wildman–Crippen LogP) is 5.78. The Morgan fingerprint density at radius 1 is 0.846 bits per heavy atom. The number of pyridine rings is 1. The summed E-state index contributed by atoms with van der Waals surface area (Å²) in [7, 11) is 3.28. The van der Waals surface area contributed by atoms with E-state index in [9.17, 15) is 0 Å². The molecule has 0 aliphatic carbocycles. The van der Waals surface area contributed by atoms with E-state index in [2.05, 4.69) is 33.6 Å². The zero-order chi connectivity index (χ0) is 18.1. The van der Waals surface area contributed by atoms with Gasteiger partial charge in [-0.2, -0.15) is 0 Å². The summed E-state index contributed by atoms with van der Waals surface area (Å²) in [6.07, 6.45) is 1.82. The number of hydrogen-bond donors (Lipinski definition) is 0. The molecule has 0 bridgehead atoms. The van der Waals surface area contributed by atoms with Crippen molar-refractivity contribution in [3.05, 3.63) is 64.4 Å². The minimum absolute atomic E-state index is 0.606. The molecule has 130 valence electrons. The Morgan fingerprint density at radius 2 is 1.58 bits per heavy atom. The Hall–Kier alpha value is -2.54. The average Bonchev–Trinajstić information content (AvgIpc) is 3.04. The molecule has 0 aliphatic rings. The molecule has 0 fully saturated rings. The maximum atomic E-state index is 6.10. The first-order valence-corrected chi connectivity index (χ1v) is 9.14. The van der Waals surface area contributed by atoms with Crippen LogP contribution in [0.4, 0.5) is 0 Å². The Morgan fingerprint density at radius 3 is 2.23 bits per heavy atom. The molecule has 26 heavy (non-hydrogen) atoms. The van der Waals surface area contributed by atoms with Gasteiger partial charge in [0, 0.05) is 28.8 Å². The van der Waals surface area contributed by atoms with Gasteiger partial charge >= 0.3 is 0 Å². The zero-order valence-corrected chi connectivity index (χ0v) is 16.5. The van der Waals surface area contributed by atoms with Gasteiger partial charge in [-0.3, -0.25) is 0 Å². The van der Waals surface area contributed by atoms with Gasteiger partial charge in [-0.05, 0) is 70.6 Å². The lowest BCUT2D eigenvalue weighted by Crippen LogP contribution is -1.87. The van der Waals surface area contributed by atoms with E-state index < -0.39 is 0 Å². The SMILES string of the molecule is COc1ccc(-c2oc3ccc(-c4ccc(OC)nc4)cc3c2I)cc1. The average molecular weight is 457 g/mol. The number of methoxy groups -OCH3 is 2. The second-order valence-corrected chi connectivity index (χ2v) is 6.85. The summed E-state index contributed by atoms with van der Waals surface area (Å²) in [6.45, 7) is 0. The highest BCUT2D eigenvalue weighted by Crippen LogP contribution is 2.37. The molecule has 0 saturated heterocycles. The van der Waals surface area contributed by atoms with Crippen LogP contribution in [0.3, 0.4) is 0 Å². The van der Waals surface area contributed by atoms with Crippen LogP contribution in [0.15, 0.2) is 65.2 Å². The third-order valence-electron chi connectivity index (χ3n) is 4.26. The highest BCUT2D eigenvalue weighted by Gasteiger charge is 2.15. The molecule has 2 heterocycles. The molecule has 4 nitrogen and oxygen atoms in total. The minimum atomic E-state index is 0.606. The predicted molar refractivity (Wildman–Crippen MR) is 111 cm³/mol. The summed E-state index contributed by atoms with van der Waals surface area (Å²) in [5.41, 5.74) is 4.02. The molecule has 0 aliphatic heterocycles. The molecule has 4 aromatic rings. The molecular weight excluding hydrogens is 441 g/mol. The fraction of sp³-hybridized carbons (Fsp3) is 0.0952. The first kappa shape index (κ1) is 16.9. The van der Waals surface area contributed by atoms with E-state index in [1.165, 1.54) is 0 Å². The maximum Gasteiger partial charge on any atom is 0.212 e. The molecule has 0 radical (unpaired) electrons. The van der Waals surface area contributed by atoms with E-state index in [0.717, 1.165) is 42.7 Å². The van der Waals surface area contributed by atoms with Crippen molar-refractivity contribution in [3.8, 4) is 34.1 Å². The molecule has 0 atom stereocenters. The molecule has 2 aromatic carbocycles. The van der Waals surface area contributed by atoms with E-state index in [0.29, 0.717) is 5.88 Å². The van der Waals surface area contributed by atoms with E-state index in [4.69, 9.17) is 13.9 Å². The molecular formula is C21H16INO3. The van der Waals surface area contributed by atoms with Crippen molar-refractivity contribution in [3.63, 3.8) is 0 Å². The van der Waals surface area contributed by atoms with Crippen molar-refractivity contribution in [1.82, 2.24) is 4.98 Å². The Bertz CT molecular complexity index is 1050. The summed E-state index contributed by atoms with van der Waals surface area (Å²) in [4.78, 5) is 4.29. The first-order valence-electron chi connectivity index (χ1n) is 8.06. The molecule has 2 aromatic heterocycles. The second-order valence-electron chi connectivity index (χ2n) is 5.77. The van der Waals surface area contributed by atoms with Crippen molar-refractivity contribution < 1.29 is 13.9 Å². The number of halogens is 1. The van der Waals surface area contributed by atoms with Crippen LogP contribution < -0.4 is 9.47 Å². The molecule has 4 rings (SSSR count). The summed E-state index contributed by atoms with van der Waals surface area (Å²) < 4.78 is 17.5. The minimum Gasteiger partial charge on any atom is -0.497 e. The highest BCUT2D eigenvalue weighted by molar-refractivity contribution is 14.1. The van der Waals surface area contributed by atoms with Crippen molar-refractivity contribution in [2.75, 3.05) is 14.2 Å². The summed E-state index contributed by atoms with van der Waals surface area (Å²) in [6, 6.07) is 17.9. The summed E-state index contributed by atoms with van der Waals surface area (Å²) in [5, 5.41) is 1.09. The monoisotopic (exact) mass is 457 g/mol. The van der Waals surface area contributed by atoms with Crippen LogP contribution in [0.5, 0.6) is 11.6 Å². The lowest BCUT2D eigenvalue weighted by Gasteiger charge is -2.03. The van der Waals surface area contributed by atoms with Crippen molar-refractivity contribution in [2.24, 2.45) is 0 Å². The van der Waals surface area contributed by atoms with Crippen molar-refractivity contribution in [1.29, 1.82) is 0 Å². The molecule has 5 heteroatoms. The second kappa shape index (κ2) is 6.99. The van der Waals surface area contributed by atoms with Crippen LogP contribution >= 0.6 is 22.6 Å². The standard InChI is InChI=1S/C21H16INO3/c1-24-16-7-3-13(4-8-16)21-20(22)17-11-14(5-9-18(17)26-21)15-6-10-19(25-2)23-12-15/h3-12H,1-2H3. The van der Waals surface area contributed by atoms with Gasteiger partial charge in [0.2, 0.25) is 5.88 Å². The van der Waals surface area contributed by atoms with Gasteiger partial charge in [-0.25, -0.2) is 4.98 Å². The number of fused-ring (bicyclic) bond motifs is 1. The third kappa shape index (κ3) is 3.03. The number of rotatable bonds is 4.